The molecule has 0 radical (unpaired) electrons. The number of hydrogen-bond acceptors (Lipinski definition) is 4. The van der Waals surface area contributed by atoms with Crippen molar-refractivity contribution in [1.82, 2.24) is 10.2 Å². The summed E-state index contributed by atoms with van der Waals surface area (Å²) in [5.74, 6) is -2.20. The Morgan fingerprint density at radius 1 is 1.20 bits per heavy atom. The standard InChI is InChI=1S/C13H18N2O5/c1-9(15-10(16)6-7-11(15)17)13(20)14-8-4-2-3-5-12(18)19/h6-7,9H,2-5,8H2,1H3,(H,14,20)(H,18,19). The second-order valence-corrected chi connectivity index (χ2v) is 4.55. The summed E-state index contributed by atoms with van der Waals surface area (Å²) in [7, 11) is 0. The number of carboxylic acids is 1. The number of aliphatic carboxylic acids is 1. The van der Waals surface area contributed by atoms with Crippen molar-refractivity contribution in [2.45, 2.75) is 38.6 Å². The Morgan fingerprint density at radius 3 is 2.35 bits per heavy atom. The van der Waals surface area contributed by atoms with Crippen LogP contribution in [0.2, 0.25) is 0 Å². The van der Waals surface area contributed by atoms with E-state index < -0.39 is 29.7 Å². The van der Waals surface area contributed by atoms with E-state index in [1.54, 1.807) is 0 Å². The number of nitrogens with one attached hydrogen (secondary N) is 1. The predicted octanol–water partition coefficient (Wildman–Crippen LogP) is 0.0611. The maximum atomic E-state index is 11.8. The molecule has 1 rings (SSSR count). The third kappa shape index (κ3) is 4.49. The van der Waals surface area contributed by atoms with E-state index in [0.717, 1.165) is 17.1 Å². The molecule has 3 amide bonds. The van der Waals surface area contributed by atoms with Gasteiger partial charge in [-0.25, -0.2) is 0 Å². The smallest absolute Gasteiger partial charge is 0.303 e. The molecule has 0 aromatic rings. The summed E-state index contributed by atoms with van der Waals surface area (Å²) in [6.45, 7) is 1.88. The second-order valence-electron chi connectivity index (χ2n) is 4.55. The first-order valence-electron chi connectivity index (χ1n) is 6.48. The van der Waals surface area contributed by atoms with Crippen LogP contribution in [0.5, 0.6) is 0 Å². The van der Waals surface area contributed by atoms with Gasteiger partial charge in [-0.15, -0.1) is 0 Å². The van der Waals surface area contributed by atoms with Crippen LogP contribution in [-0.4, -0.2) is 46.3 Å². The van der Waals surface area contributed by atoms with Crippen molar-refractivity contribution in [2.24, 2.45) is 0 Å². The van der Waals surface area contributed by atoms with Gasteiger partial charge in [-0.1, -0.05) is 6.42 Å². The summed E-state index contributed by atoms with van der Waals surface area (Å²) in [5.41, 5.74) is 0. The number of carboxylic acid groups (broad SMARTS) is 1. The van der Waals surface area contributed by atoms with Crippen molar-refractivity contribution in [3.63, 3.8) is 0 Å². The van der Waals surface area contributed by atoms with E-state index >= 15 is 0 Å². The van der Waals surface area contributed by atoms with Crippen LogP contribution in [0.1, 0.15) is 32.6 Å². The van der Waals surface area contributed by atoms with E-state index in [1.807, 2.05) is 0 Å². The number of carbonyl (C=O) groups excluding carboxylic acids is 3. The number of nitrogens with zero attached hydrogens (tertiary/aromatic N) is 1. The Bertz CT molecular complexity index is 426. The van der Waals surface area contributed by atoms with Gasteiger partial charge in [0.1, 0.15) is 6.04 Å². The van der Waals surface area contributed by atoms with Crippen LogP contribution in [0.15, 0.2) is 12.2 Å². The largest absolute Gasteiger partial charge is 0.481 e. The molecule has 1 aliphatic rings. The third-order valence-electron chi connectivity index (χ3n) is 2.98. The van der Waals surface area contributed by atoms with E-state index in [9.17, 15) is 19.2 Å². The lowest BCUT2D eigenvalue weighted by molar-refractivity contribution is -0.144. The highest BCUT2D eigenvalue weighted by Crippen LogP contribution is 2.09. The van der Waals surface area contributed by atoms with E-state index in [-0.39, 0.29) is 6.42 Å². The highest BCUT2D eigenvalue weighted by atomic mass is 16.4. The van der Waals surface area contributed by atoms with Crippen molar-refractivity contribution in [3.8, 4) is 0 Å². The second kappa shape index (κ2) is 7.42. The van der Waals surface area contributed by atoms with E-state index in [4.69, 9.17) is 5.11 Å². The molecule has 1 unspecified atom stereocenters. The van der Waals surface area contributed by atoms with Crippen molar-refractivity contribution in [2.75, 3.05) is 6.54 Å². The van der Waals surface area contributed by atoms with Crippen LogP contribution in [0, 0.1) is 0 Å². The van der Waals surface area contributed by atoms with Crippen LogP contribution >= 0.6 is 0 Å². The van der Waals surface area contributed by atoms with E-state index in [2.05, 4.69) is 5.32 Å². The molecule has 0 spiro atoms. The summed E-state index contributed by atoms with van der Waals surface area (Å²) < 4.78 is 0. The molecule has 0 saturated heterocycles. The van der Waals surface area contributed by atoms with Crippen LogP contribution in [-0.2, 0) is 19.2 Å². The number of hydrogen-bond donors (Lipinski definition) is 2. The maximum absolute atomic E-state index is 11.8. The molecule has 1 atom stereocenters. The lowest BCUT2D eigenvalue weighted by atomic mass is 10.2. The van der Waals surface area contributed by atoms with Gasteiger partial charge in [-0.05, 0) is 19.8 Å². The molecule has 7 heteroatoms. The van der Waals surface area contributed by atoms with Gasteiger partial charge in [0.25, 0.3) is 11.8 Å². The summed E-state index contributed by atoms with van der Waals surface area (Å²) in [5, 5.41) is 11.1. The first-order valence-corrected chi connectivity index (χ1v) is 6.48. The van der Waals surface area contributed by atoms with Crippen LogP contribution in [0.25, 0.3) is 0 Å². The highest BCUT2D eigenvalue weighted by Gasteiger charge is 2.32. The zero-order valence-electron chi connectivity index (χ0n) is 11.3. The molecular formula is C13H18N2O5. The fourth-order valence-corrected chi connectivity index (χ4v) is 1.85. The van der Waals surface area contributed by atoms with Crippen LogP contribution in [0.3, 0.4) is 0 Å². The first kappa shape index (κ1) is 15.9. The molecule has 0 fully saturated rings. The molecule has 20 heavy (non-hydrogen) atoms. The number of imide groups is 1. The SMILES string of the molecule is CC(C(=O)NCCCCCC(=O)O)N1C(=O)C=CC1=O. The monoisotopic (exact) mass is 282 g/mol. The van der Waals surface area contributed by atoms with Gasteiger partial charge in [-0.2, -0.15) is 0 Å². The number of rotatable bonds is 8. The Balaban J connectivity index is 2.24. The molecule has 7 nitrogen and oxygen atoms in total. The lowest BCUT2D eigenvalue weighted by Gasteiger charge is -2.21. The van der Waals surface area contributed by atoms with Crippen molar-refractivity contribution >= 4 is 23.7 Å². The summed E-state index contributed by atoms with van der Waals surface area (Å²) in [6, 6.07) is -0.844. The average molecular weight is 282 g/mol. The van der Waals surface area contributed by atoms with Gasteiger partial charge in [-0.3, -0.25) is 24.1 Å². The zero-order chi connectivity index (χ0) is 15.1. The number of amides is 3. The topological polar surface area (TPSA) is 104 Å². The molecule has 1 aliphatic heterocycles. The summed E-state index contributed by atoms with van der Waals surface area (Å²) in [4.78, 5) is 45.8. The Labute approximate surface area is 116 Å². The normalized spacial score (nSPS) is 15.6. The Kier molecular flexibility index (Phi) is 5.89. The van der Waals surface area contributed by atoms with Gasteiger partial charge in [0, 0.05) is 25.1 Å². The molecule has 0 aromatic carbocycles. The van der Waals surface area contributed by atoms with Crippen molar-refractivity contribution in [1.29, 1.82) is 0 Å². The molecule has 110 valence electrons. The van der Waals surface area contributed by atoms with Gasteiger partial charge in [0.2, 0.25) is 5.91 Å². The van der Waals surface area contributed by atoms with E-state index in [0.29, 0.717) is 25.8 Å². The zero-order valence-corrected chi connectivity index (χ0v) is 11.3. The minimum atomic E-state index is -0.844. The predicted molar refractivity (Wildman–Crippen MR) is 69.6 cm³/mol. The van der Waals surface area contributed by atoms with Gasteiger partial charge >= 0.3 is 5.97 Å². The van der Waals surface area contributed by atoms with Crippen molar-refractivity contribution < 1.29 is 24.3 Å². The van der Waals surface area contributed by atoms with Gasteiger partial charge in [0.05, 0.1) is 0 Å². The first-order chi connectivity index (χ1) is 9.43. The average Bonchev–Trinajstić information content (AvgIpc) is 2.71. The van der Waals surface area contributed by atoms with E-state index in [1.165, 1.54) is 6.92 Å². The van der Waals surface area contributed by atoms with Crippen LogP contribution in [0.4, 0.5) is 0 Å². The third-order valence-corrected chi connectivity index (χ3v) is 2.98. The molecule has 0 aromatic heterocycles. The summed E-state index contributed by atoms with van der Waals surface area (Å²) >= 11 is 0. The quantitative estimate of drug-likeness (QED) is 0.484. The number of unbranched alkanes of at least 4 members (excludes halogenated alkanes) is 2. The minimum Gasteiger partial charge on any atom is -0.481 e. The Hall–Kier alpha value is -2.18. The van der Waals surface area contributed by atoms with Crippen LogP contribution < -0.4 is 5.32 Å². The maximum Gasteiger partial charge on any atom is 0.303 e. The summed E-state index contributed by atoms with van der Waals surface area (Å²) in [6.07, 6.45) is 4.31. The molecule has 1 heterocycles. The highest BCUT2D eigenvalue weighted by molar-refractivity contribution is 6.15. The molecular weight excluding hydrogens is 264 g/mol. The Morgan fingerprint density at radius 2 is 1.80 bits per heavy atom. The fourth-order valence-electron chi connectivity index (χ4n) is 1.85. The lowest BCUT2D eigenvalue weighted by Crippen LogP contribution is -2.48. The molecule has 0 saturated carbocycles. The van der Waals surface area contributed by atoms with Gasteiger partial charge in [0.15, 0.2) is 0 Å². The van der Waals surface area contributed by atoms with Gasteiger partial charge < -0.3 is 10.4 Å². The van der Waals surface area contributed by atoms with Crippen molar-refractivity contribution in [3.05, 3.63) is 12.2 Å². The minimum absolute atomic E-state index is 0.118. The fraction of sp³-hybridized carbons (Fsp3) is 0.538. The molecule has 0 bridgehead atoms. The molecule has 2 N–H and O–H groups in total. The molecule has 0 aliphatic carbocycles. The number of carbonyl (C=O) groups is 4.